The number of rotatable bonds is 18. The first-order chi connectivity index (χ1) is 34.1. The van der Waals surface area contributed by atoms with E-state index in [2.05, 4.69) is 10.6 Å². The van der Waals surface area contributed by atoms with Crippen molar-refractivity contribution in [3.63, 3.8) is 0 Å². The van der Waals surface area contributed by atoms with Gasteiger partial charge in [-0.3, -0.25) is 9.59 Å². The lowest BCUT2D eigenvalue weighted by Gasteiger charge is -2.50. The van der Waals surface area contributed by atoms with Gasteiger partial charge >= 0.3 is 0 Å². The van der Waals surface area contributed by atoms with Crippen LogP contribution in [0.3, 0.4) is 0 Å². The third-order valence-electron chi connectivity index (χ3n) is 13.1. The number of hydrogen-bond donors (Lipinski definition) is 19. The number of carbonyl (C=O) groups excluding carboxylic acids is 2. The van der Waals surface area contributed by atoms with E-state index in [1.807, 2.05) is 0 Å². The number of aliphatic hydroxyl groups is 17. The first-order valence-electron chi connectivity index (χ1n) is 23.0. The smallest absolute Gasteiger partial charge is 0.217 e. The second-order valence-electron chi connectivity index (χ2n) is 18.2. The fraction of sp³-hybridized carbons (Fsp3) is 0.950. The van der Waals surface area contributed by atoms with Gasteiger partial charge in [0.25, 0.3) is 0 Å². The van der Waals surface area contributed by atoms with Gasteiger partial charge in [-0.2, -0.15) is 0 Å². The molecule has 6 rings (SSSR count). The minimum Gasteiger partial charge on any atom is -0.394 e. The third-order valence-corrected chi connectivity index (χ3v) is 13.1. The van der Waals surface area contributed by atoms with Gasteiger partial charge in [0.05, 0.1) is 52.3 Å². The van der Waals surface area contributed by atoms with Crippen LogP contribution >= 0.6 is 0 Å². The average molecular weight is 1060 g/mol. The van der Waals surface area contributed by atoms with E-state index in [4.69, 9.17) is 52.1 Å². The molecule has 0 aromatic carbocycles. The van der Waals surface area contributed by atoms with Gasteiger partial charge < -0.3 is 150 Å². The molecule has 0 unspecified atom stereocenters. The molecule has 418 valence electrons. The molecule has 0 aliphatic carbocycles. The van der Waals surface area contributed by atoms with Crippen molar-refractivity contribution in [2.45, 2.75) is 192 Å². The van der Waals surface area contributed by atoms with Crippen LogP contribution in [0.1, 0.15) is 13.8 Å². The van der Waals surface area contributed by atoms with Gasteiger partial charge in [-0.25, -0.2) is 0 Å². The molecule has 6 fully saturated rings. The summed E-state index contributed by atoms with van der Waals surface area (Å²) in [5.41, 5.74) is 0. The van der Waals surface area contributed by atoms with E-state index in [1.54, 1.807) is 0 Å². The van der Waals surface area contributed by atoms with Gasteiger partial charge in [0.1, 0.15) is 140 Å². The Balaban J connectivity index is 1.30. The molecule has 0 radical (unpaired) electrons. The molecule has 6 heterocycles. The Bertz CT molecular complexity index is 1710. The van der Waals surface area contributed by atoms with Crippen LogP contribution in [0, 0.1) is 0 Å². The molecular weight excluding hydrogens is 988 g/mol. The summed E-state index contributed by atoms with van der Waals surface area (Å²) in [4.78, 5) is 24.4. The van der Waals surface area contributed by atoms with Crippen LogP contribution in [-0.2, 0) is 61.7 Å². The summed E-state index contributed by atoms with van der Waals surface area (Å²) in [6, 6.07) is -2.76. The van der Waals surface area contributed by atoms with Gasteiger partial charge in [-0.05, 0) is 0 Å². The molecule has 0 aromatic rings. The van der Waals surface area contributed by atoms with E-state index in [-0.39, 0.29) is 6.61 Å². The third kappa shape index (κ3) is 12.8. The van der Waals surface area contributed by atoms with Crippen molar-refractivity contribution in [1.82, 2.24) is 10.6 Å². The van der Waals surface area contributed by atoms with E-state index in [9.17, 15) is 96.4 Å². The van der Waals surface area contributed by atoms with E-state index in [1.165, 1.54) is 6.92 Å². The summed E-state index contributed by atoms with van der Waals surface area (Å²) in [6.45, 7) is -3.52. The normalized spacial score (nSPS) is 49.2. The summed E-state index contributed by atoms with van der Waals surface area (Å²) in [5.74, 6) is -1.36. The Morgan fingerprint density at radius 3 is 1.39 bits per heavy atom. The van der Waals surface area contributed by atoms with Crippen molar-refractivity contribution in [2.24, 2.45) is 0 Å². The van der Waals surface area contributed by atoms with Crippen molar-refractivity contribution in [2.75, 3.05) is 46.2 Å². The van der Waals surface area contributed by atoms with Crippen LogP contribution in [0.25, 0.3) is 0 Å². The quantitative estimate of drug-likeness (QED) is 0.0606. The molecule has 29 atom stereocenters. The van der Waals surface area contributed by atoms with E-state index < -0.39 is 229 Å². The first kappa shape index (κ1) is 59.1. The maximum Gasteiger partial charge on any atom is 0.217 e. The lowest BCUT2D eigenvalue weighted by molar-refractivity contribution is -0.397. The number of aliphatic hydroxyl groups excluding tert-OH is 17. The number of nitrogens with one attached hydrogen (secondary N) is 2. The van der Waals surface area contributed by atoms with Crippen molar-refractivity contribution in [3.05, 3.63) is 0 Å². The Morgan fingerprint density at radius 1 is 0.403 bits per heavy atom. The summed E-state index contributed by atoms with van der Waals surface area (Å²) < 4.78 is 63.3. The highest BCUT2D eigenvalue weighted by Gasteiger charge is 2.57. The highest BCUT2D eigenvalue weighted by molar-refractivity contribution is 5.73. The predicted molar refractivity (Wildman–Crippen MR) is 221 cm³/mol. The molecule has 0 aromatic heterocycles. The molecule has 6 saturated heterocycles. The maximum atomic E-state index is 12.6. The van der Waals surface area contributed by atoms with Gasteiger partial charge in [-0.1, -0.05) is 0 Å². The molecule has 72 heavy (non-hydrogen) atoms. The molecule has 0 spiro atoms. The second-order valence-corrected chi connectivity index (χ2v) is 18.2. The van der Waals surface area contributed by atoms with Crippen LogP contribution in [0.2, 0.25) is 0 Å². The van der Waals surface area contributed by atoms with Crippen LogP contribution in [0.4, 0.5) is 0 Å². The van der Waals surface area contributed by atoms with Crippen LogP contribution < -0.4 is 10.6 Å². The molecule has 6 aliphatic heterocycles. The Kier molecular flexibility index (Phi) is 21.1. The van der Waals surface area contributed by atoms with Crippen molar-refractivity contribution >= 4 is 11.8 Å². The van der Waals surface area contributed by atoms with E-state index in [0.717, 1.165) is 6.92 Å². The zero-order valence-electron chi connectivity index (χ0n) is 38.6. The SMILES string of the molecule is CC(=O)N[C@H]1[C@H](O[C@H]2[C@H](O)[C@@H](NC(C)=O)CO[C@@H]2CO)O[C@H](CO)[C@@H](O[C@@H]2O[C@H](CO[C@H]3O[C@H](CO)[C@@H](O)[C@H](O)[C@@H]3O)[C@@H](O)[C@H](O[C@H]3O[C@H](CO)[C@@H](O)[C@H](O)[C@@H]3O[C@H]3O[C@H](CO)[C@@H](O)[C@H](O)[C@@H]3O)[C@@H]2O)[C@@H]1O. The Morgan fingerprint density at radius 2 is 0.833 bits per heavy atom. The number of carbonyl (C=O) groups is 2. The van der Waals surface area contributed by atoms with Crippen molar-refractivity contribution in [3.8, 4) is 0 Å². The maximum absolute atomic E-state index is 12.6. The zero-order valence-corrected chi connectivity index (χ0v) is 38.6. The Labute approximate surface area is 408 Å². The standard InChI is InChI=1S/C40H68N2O30/c1-10(48)41-12-8-62-16(6-46)32(20(12)50)69-36-19(42-11(2)49)25(55)33(17(7-47)67-36)70-39-31(61)34(24(54)18(68-39)9-63-37-29(59)26(56)21(51)13(3-43)64-37)71-40-35(28(58)23(53)15(5-45)66-40)72-38-30(60)27(57)22(52)14(4-44)65-38/h12-40,43-47,50-61H,3-9H2,1-2H3,(H,41,48)(H,42,49)/t12-,13+,14+,15+,16+,17+,18+,19+,20+,21+,22+,23+,24+,25+,26-,27-,28-,29-,30-,31-,32+,33+,34-,35-,36-,37-,38+,39-,40+/m0/s1. The first-order valence-corrected chi connectivity index (χ1v) is 23.0. The van der Waals surface area contributed by atoms with Crippen molar-refractivity contribution in [1.29, 1.82) is 0 Å². The fourth-order valence-corrected chi connectivity index (χ4v) is 9.14. The highest BCUT2D eigenvalue weighted by atomic mass is 16.8. The monoisotopic (exact) mass is 1060 g/mol. The van der Waals surface area contributed by atoms with Gasteiger partial charge in [0.15, 0.2) is 31.5 Å². The minimum absolute atomic E-state index is 0.259. The van der Waals surface area contributed by atoms with Crippen LogP contribution in [-0.4, -0.2) is 323 Å². The molecular formula is C40H68N2O30. The molecule has 6 aliphatic rings. The lowest BCUT2D eigenvalue weighted by atomic mass is 9.94. The highest BCUT2D eigenvalue weighted by Crippen LogP contribution is 2.36. The molecule has 2 amide bonds. The molecule has 32 heteroatoms. The van der Waals surface area contributed by atoms with Gasteiger partial charge in [0, 0.05) is 13.8 Å². The number of ether oxygens (including phenoxy) is 11. The van der Waals surface area contributed by atoms with Crippen LogP contribution in [0.5, 0.6) is 0 Å². The number of amides is 2. The van der Waals surface area contributed by atoms with E-state index >= 15 is 0 Å². The summed E-state index contributed by atoms with van der Waals surface area (Å²) >= 11 is 0. The van der Waals surface area contributed by atoms with Gasteiger partial charge in [-0.15, -0.1) is 0 Å². The van der Waals surface area contributed by atoms with Gasteiger partial charge in [0.2, 0.25) is 11.8 Å². The topological polar surface area (TPSA) is 504 Å². The lowest BCUT2D eigenvalue weighted by Crippen LogP contribution is -2.70. The Hall–Kier alpha value is -2.18. The summed E-state index contributed by atoms with van der Waals surface area (Å²) in [7, 11) is 0. The predicted octanol–water partition coefficient (Wildman–Crippen LogP) is -13.1. The summed E-state index contributed by atoms with van der Waals surface area (Å²) in [5, 5.41) is 187. The van der Waals surface area contributed by atoms with Crippen molar-refractivity contribution < 1.29 is 149 Å². The fourth-order valence-electron chi connectivity index (χ4n) is 9.14. The van der Waals surface area contributed by atoms with Crippen LogP contribution in [0.15, 0.2) is 0 Å². The largest absolute Gasteiger partial charge is 0.394 e. The second kappa shape index (κ2) is 25.8. The molecule has 32 nitrogen and oxygen atoms in total. The summed E-state index contributed by atoms with van der Waals surface area (Å²) in [6.07, 6.45) is -51.1. The molecule has 19 N–H and O–H groups in total. The molecule has 0 saturated carbocycles. The average Bonchev–Trinajstić information content (AvgIpc) is 3.35. The molecule has 0 bridgehead atoms. The van der Waals surface area contributed by atoms with E-state index in [0.29, 0.717) is 0 Å². The number of hydrogen-bond acceptors (Lipinski definition) is 30. The zero-order chi connectivity index (χ0) is 53.0. The minimum atomic E-state index is -2.30.